The Morgan fingerprint density at radius 3 is 1.91 bits per heavy atom. The Labute approximate surface area is 202 Å². The van der Waals surface area contributed by atoms with Crippen molar-refractivity contribution in [1.29, 1.82) is 0 Å². The van der Waals surface area contributed by atoms with Crippen LogP contribution < -0.4 is 14.4 Å². The monoisotopic (exact) mass is 449 g/mol. The molecule has 0 fully saturated rings. The molecule has 3 nitrogen and oxygen atoms in total. The second kappa shape index (κ2) is 8.25. The SMILES string of the molecule is COc1ccc(N(c2ccc(C)cc2)c2ccc3c(c2)C(C)(C)c2cc(C)ccc2-3)c(OC)c1. The van der Waals surface area contributed by atoms with Gasteiger partial charge in [-0.25, -0.2) is 0 Å². The van der Waals surface area contributed by atoms with Gasteiger partial charge in [-0.2, -0.15) is 0 Å². The van der Waals surface area contributed by atoms with Gasteiger partial charge in [0.25, 0.3) is 0 Å². The third-order valence-electron chi connectivity index (χ3n) is 6.99. The zero-order chi connectivity index (χ0) is 24.0. The van der Waals surface area contributed by atoms with E-state index in [2.05, 4.69) is 99.3 Å². The first-order chi connectivity index (χ1) is 16.3. The molecule has 0 aromatic heterocycles. The average molecular weight is 450 g/mol. The van der Waals surface area contributed by atoms with Crippen LogP contribution in [0.2, 0.25) is 0 Å². The number of anilines is 3. The molecule has 3 heteroatoms. The number of methoxy groups -OCH3 is 2. The fraction of sp³-hybridized carbons (Fsp3) is 0.226. The van der Waals surface area contributed by atoms with Crippen molar-refractivity contribution < 1.29 is 9.47 Å². The number of fused-ring (bicyclic) bond motifs is 3. The van der Waals surface area contributed by atoms with E-state index < -0.39 is 0 Å². The molecule has 34 heavy (non-hydrogen) atoms. The van der Waals surface area contributed by atoms with Crippen LogP contribution in [0.3, 0.4) is 0 Å². The summed E-state index contributed by atoms with van der Waals surface area (Å²) in [5, 5.41) is 0. The molecule has 0 spiro atoms. The first-order valence-electron chi connectivity index (χ1n) is 11.7. The number of hydrogen-bond donors (Lipinski definition) is 0. The number of hydrogen-bond acceptors (Lipinski definition) is 3. The van der Waals surface area contributed by atoms with Crippen LogP contribution in [-0.2, 0) is 5.41 Å². The lowest BCUT2D eigenvalue weighted by Crippen LogP contribution is -2.17. The van der Waals surface area contributed by atoms with E-state index in [0.29, 0.717) is 0 Å². The maximum atomic E-state index is 5.81. The van der Waals surface area contributed by atoms with Crippen LogP contribution in [-0.4, -0.2) is 14.2 Å². The van der Waals surface area contributed by atoms with Crippen molar-refractivity contribution in [3.05, 3.63) is 101 Å². The summed E-state index contributed by atoms with van der Waals surface area (Å²) in [6, 6.07) is 28.2. The summed E-state index contributed by atoms with van der Waals surface area (Å²) in [5.74, 6) is 1.53. The Hall–Kier alpha value is -3.72. The van der Waals surface area contributed by atoms with Gasteiger partial charge in [-0.15, -0.1) is 0 Å². The first kappa shape index (κ1) is 22.1. The molecule has 0 radical (unpaired) electrons. The van der Waals surface area contributed by atoms with Crippen molar-refractivity contribution in [2.75, 3.05) is 19.1 Å². The summed E-state index contributed by atoms with van der Waals surface area (Å²) in [4.78, 5) is 2.27. The van der Waals surface area contributed by atoms with E-state index in [0.717, 1.165) is 28.6 Å². The zero-order valence-electron chi connectivity index (χ0n) is 20.8. The molecule has 0 saturated carbocycles. The minimum atomic E-state index is -0.0738. The minimum Gasteiger partial charge on any atom is -0.497 e. The van der Waals surface area contributed by atoms with E-state index in [1.54, 1.807) is 14.2 Å². The summed E-state index contributed by atoms with van der Waals surface area (Å²) in [6.45, 7) is 8.93. The standard InChI is InChI=1S/C31H31NO2/c1-20-7-10-22(11-8-20)32(29-16-13-24(33-5)19-30(29)34-6)23-12-15-26-25-14-9-21(2)17-27(25)31(3,4)28(26)18-23/h7-19H,1-6H3. The van der Waals surface area contributed by atoms with Crippen molar-refractivity contribution in [3.8, 4) is 22.6 Å². The summed E-state index contributed by atoms with van der Waals surface area (Å²) >= 11 is 0. The van der Waals surface area contributed by atoms with E-state index in [9.17, 15) is 0 Å². The van der Waals surface area contributed by atoms with Gasteiger partial charge in [0, 0.05) is 22.9 Å². The highest BCUT2D eigenvalue weighted by Crippen LogP contribution is 2.51. The van der Waals surface area contributed by atoms with Crippen molar-refractivity contribution in [3.63, 3.8) is 0 Å². The van der Waals surface area contributed by atoms with Crippen LogP contribution in [0.4, 0.5) is 17.1 Å². The second-order valence-corrected chi connectivity index (χ2v) is 9.61. The summed E-state index contributed by atoms with van der Waals surface area (Å²) in [5.41, 5.74) is 11.0. The van der Waals surface area contributed by atoms with E-state index in [1.807, 2.05) is 12.1 Å². The number of nitrogens with zero attached hydrogens (tertiary/aromatic N) is 1. The quantitative estimate of drug-likeness (QED) is 0.307. The molecule has 0 heterocycles. The molecule has 4 aromatic carbocycles. The van der Waals surface area contributed by atoms with Gasteiger partial charge in [-0.3, -0.25) is 0 Å². The fourth-order valence-electron chi connectivity index (χ4n) is 5.07. The summed E-state index contributed by atoms with van der Waals surface area (Å²) < 4.78 is 11.3. The van der Waals surface area contributed by atoms with Gasteiger partial charge >= 0.3 is 0 Å². The fourth-order valence-corrected chi connectivity index (χ4v) is 5.07. The summed E-state index contributed by atoms with van der Waals surface area (Å²) in [7, 11) is 3.38. The van der Waals surface area contributed by atoms with Crippen molar-refractivity contribution in [2.24, 2.45) is 0 Å². The molecule has 0 saturated heterocycles. The third-order valence-corrected chi connectivity index (χ3v) is 6.99. The number of aryl methyl sites for hydroxylation is 2. The number of ether oxygens (including phenoxy) is 2. The molecule has 0 aliphatic heterocycles. The topological polar surface area (TPSA) is 21.7 Å². The highest BCUT2D eigenvalue weighted by Gasteiger charge is 2.36. The van der Waals surface area contributed by atoms with Crippen LogP contribution in [0.1, 0.15) is 36.1 Å². The molecule has 0 unspecified atom stereocenters. The Morgan fingerprint density at radius 1 is 0.618 bits per heavy atom. The molecule has 0 N–H and O–H groups in total. The van der Waals surface area contributed by atoms with Crippen LogP contribution in [0.15, 0.2) is 78.9 Å². The van der Waals surface area contributed by atoms with Gasteiger partial charge < -0.3 is 14.4 Å². The van der Waals surface area contributed by atoms with Crippen molar-refractivity contribution in [1.82, 2.24) is 0 Å². The molecular weight excluding hydrogens is 418 g/mol. The Bertz CT molecular complexity index is 1370. The average Bonchev–Trinajstić information content (AvgIpc) is 3.06. The molecule has 5 rings (SSSR count). The molecule has 1 aliphatic carbocycles. The van der Waals surface area contributed by atoms with Gasteiger partial charge in [-0.1, -0.05) is 61.4 Å². The van der Waals surface area contributed by atoms with Crippen LogP contribution >= 0.6 is 0 Å². The zero-order valence-corrected chi connectivity index (χ0v) is 20.8. The Kier molecular flexibility index (Phi) is 5.36. The van der Waals surface area contributed by atoms with Crippen molar-refractivity contribution >= 4 is 17.1 Å². The van der Waals surface area contributed by atoms with Gasteiger partial charge in [0.2, 0.25) is 0 Å². The predicted octanol–water partition coefficient (Wildman–Crippen LogP) is 8.10. The largest absolute Gasteiger partial charge is 0.497 e. The second-order valence-electron chi connectivity index (χ2n) is 9.61. The normalized spacial score (nSPS) is 13.2. The molecule has 0 bridgehead atoms. The molecule has 0 amide bonds. The van der Waals surface area contributed by atoms with E-state index >= 15 is 0 Å². The number of benzene rings is 4. The van der Waals surface area contributed by atoms with Gasteiger partial charge in [0.1, 0.15) is 11.5 Å². The van der Waals surface area contributed by atoms with Crippen LogP contribution in [0.5, 0.6) is 11.5 Å². The Morgan fingerprint density at radius 2 is 1.24 bits per heavy atom. The lowest BCUT2D eigenvalue weighted by molar-refractivity contribution is 0.395. The highest BCUT2D eigenvalue weighted by atomic mass is 16.5. The minimum absolute atomic E-state index is 0.0738. The lowest BCUT2D eigenvalue weighted by atomic mass is 9.82. The van der Waals surface area contributed by atoms with Gasteiger partial charge in [0.05, 0.1) is 19.9 Å². The van der Waals surface area contributed by atoms with E-state index in [4.69, 9.17) is 9.47 Å². The Balaban J connectivity index is 1.71. The van der Waals surface area contributed by atoms with E-state index in [-0.39, 0.29) is 5.41 Å². The highest BCUT2D eigenvalue weighted by molar-refractivity contribution is 5.87. The number of rotatable bonds is 5. The van der Waals surface area contributed by atoms with Crippen molar-refractivity contribution in [2.45, 2.75) is 33.1 Å². The smallest absolute Gasteiger partial charge is 0.146 e. The molecule has 0 atom stereocenters. The van der Waals surface area contributed by atoms with Crippen LogP contribution in [0, 0.1) is 13.8 Å². The first-order valence-corrected chi connectivity index (χ1v) is 11.7. The molecule has 1 aliphatic rings. The van der Waals surface area contributed by atoms with Gasteiger partial charge in [0.15, 0.2) is 0 Å². The predicted molar refractivity (Wildman–Crippen MR) is 141 cm³/mol. The van der Waals surface area contributed by atoms with Gasteiger partial charge in [-0.05, 0) is 72.5 Å². The molecule has 172 valence electrons. The third kappa shape index (κ3) is 3.52. The maximum Gasteiger partial charge on any atom is 0.146 e. The van der Waals surface area contributed by atoms with E-state index in [1.165, 1.54) is 33.4 Å². The maximum absolute atomic E-state index is 5.81. The lowest BCUT2D eigenvalue weighted by Gasteiger charge is -2.29. The van der Waals surface area contributed by atoms with Crippen LogP contribution in [0.25, 0.3) is 11.1 Å². The molecular formula is C31H31NO2. The molecule has 4 aromatic rings. The summed E-state index contributed by atoms with van der Waals surface area (Å²) in [6.07, 6.45) is 0.